The molecule has 2 heterocycles. The van der Waals surface area contributed by atoms with E-state index in [-0.39, 0.29) is 6.04 Å². The van der Waals surface area contributed by atoms with Gasteiger partial charge in [0.1, 0.15) is 11.8 Å². The Labute approximate surface area is 125 Å². The number of hydrogen-bond acceptors (Lipinski definition) is 4. The molecular formula is C16H21N5. The molecule has 5 nitrogen and oxygen atoms in total. The fraction of sp³-hybridized carbons (Fsp3) is 0.438. The van der Waals surface area contributed by atoms with Crippen LogP contribution in [-0.2, 0) is 13.0 Å². The van der Waals surface area contributed by atoms with Crippen molar-refractivity contribution in [1.29, 1.82) is 5.26 Å². The number of nitriles is 1. The van der Waals surface area contributed by atoms with E-state index in [9.17, 15) is 0 Å². The lowest BCUT2D eigenvalue weighted by Gasteiger charge is -2.10. The smallest absolute Gasteiger partial charge is 0.145 e. The Bertz CT molecular complexity index is 666. The zero-order valence-corrected chi connectivity index (χ0v) is 12.8. The highest BCUT2D eigenvalue weighted by Gasteiger charge is 2.15. The molecule has 0 saturated carbocycles. The number of nitrogens with zero attached hydrogens (tertiary/aromatic N) is 4. The molecular weight excluding hydrogens is 262 g/mol. The molecule has 2 aromatic rings. The molecule has 2 rings (SSSR count). The number of aromatic nitrogens is 3. The zero-order chi connectivity index (χ0) is 15.4. The average molecular weight is 283 g/mol. The summed E-state index contributed by atoms with van der Waals surface area (Å²) in [5.41, 5.74) is 10.7. The van der Waals surface area contributed by atoms with Gasteiger partial charge in [0.2, 0.25) is 0 Å². The van der Waals surface area contributed by atoms with E-state index >= 15 is 0 Å². The summed E-state index contributed by atoms with van der Waals surface area (Å²) in [7, 11) is 0. The fourth-order valence-corrected chi connectivity index (χ4v) is 2.42. The van der Waals surface area contributed by atoms with Crippen LogP contribution >= 0.6 is 0 Å². The molecule has 0 aliphatic heterocycles. The third-order valence-corrected chi connectivity index (χ3v) is 3.84. The molecule has 0 amide bonds. The molecule has 0 bridgehead atoms. The van der Waals surface area contributed by atoms with Crippen LogP contribution in [0.25, 0.3) is 0 Å². The molecule has 5 heteroatoms. The van der Waals surface area contributed by atoms with Gasteiger partial charge in [-0.25, -0.2) is 4.98 Å². The Kier molecular flexibility index (Phi) is 4.71. The number of nitrogens with two attached hydrogens (primary N) is 1. The van der Waals surface area contributed by atoms with Gasteiger partial charge >= 0.3 is 0 Å². The summed E-state index contributed by atoms with van der Waals surface area (Å²) < 4.78 is 1.94. The minimum absolute atomic E-state index is 0.160. The van der Waals surface area contributed by atoms with E-state index in [2.05, 4.69) is 30.0 Å². The second kappa shape index (κ2) is 6.51. The maximum absolute atomic E-state index is 9.12. The van der Waals surface area contributed by atoms with Crippen molar-refractivity contribution in [2.75, 3.05) is 0 Å². The monoisotopic (exact) mass is 283 g/mol. The maximum atomic E-state index is 9.12. The first kappa shape index (κ1) is 15.2. The Hall–Kier alpha value is -2.19. The van der Waals surface area contributed by atoms with Crippen LogP contribution in [0.1, 0.15) is 41.6 Å². The second-order valence-electron chi connectivity index (χ2n) is 5.30. The van der Waals surface area contributed by atoms with Crippen molar-refractivity contribution in [2.24, 2.45) is 5.73 Å². The van der Waals surface area contributed by atoms with Crippen molar-refractivity contribution in [3.63, 3.8) is 0 Å². The van der Waals surface area contributed by atoms with Crippen molar-refractivity contribution in [3.8, 4) is 6.07 Å². The fourth-order valence-electron chi connectivity index (χ4n) is 2.42. The summed E-state index contributed by atoms with van der Waals surface area (Å²) in [4.78, 5) is 4.09. The quantitative estimate of drug-likeness (QED) is 0.911. The summed E-state index contributed by atoms with van der Waals surface area (Å²) in [5.74, 6) is 0. The van der Waals surface area contributed by atoms with Gasteiger partial charge in [-0.1, -0.05) is 13.0 Å². The van der Waals surface area contributed by atoms with Crippen molar-refractivity contribution in [3.05, 3.63) is 46.5 Å². The average Bonchev–Trinajstić information content (AvgIpc) is 2.75. The summed E-state index contributed by atoms with van der Waals surface area (Å²) in [6, 6.07) is 6.05. The third-order valence-electron chi connectivity index (χ3n) is 3.84. The van der Waals surface area contributed by atoms with E-state index in [4.69, 9.17) is 11.0 Å². The number of hydrogen-bond donors (Lipinski definition) is 1. The van der Waals surface area contributed by atoms with E-state index in [0.717, 1.165) is 29.8 Å². The molecule has 0 radical (unpaired) electrons. The summed E-state index contributed by atoms with van der Waals surface area (Å²) >= 11 is 0. The van der Waals surface area contributed by atoms with Crippen molar-refractivity contribution < 1.29 is 0 Å². The van der Waals surface area contributed by atoms with Gasteiger partial charge in [-0.05, 0) is 38.3 Å². The highest BCUT2D eigenvalue weighted by molar-refractivity contribution is 5.32. The minimum Gasteiger partial charge on any atom is -0.327 e. The Balaban J connectivity index is 2.30. The molecule has 0 saturated heterocycles. The van der Waals surface area contributed by atoms with Crippen molar-refractivity contribution in [2.45, 2.75) is 46.2 Å². The SMILES string of the molecule is CCC(N)Cc1c(C)nn(Cc2cccnc2C#N)c1C. The van der Waals surface area contributed by atoms with Crippen LogP contribution in [0.4, 0.5) is 0 Å². The van der Waals surface area contributed by atoms with Crippen LogP contribution < -0.4 is 5.73 Å². The highest BCUT2D eigenvalue weighted by atomic mass is 15.3. The van der Waals surface area contributed by atoms with E-state index < -0.39 is 0 Å². The largest absolute Gasteiger partial charge is 0.327 e. The predicted molar refractivity (Wildman–Crippen MR) is 81.7 cm³/mol. The van der Waals surface area contributed by atoms with Gasteiger partial charge in [0.05, 0.1) is 12.2 Å². The van der Waals surface area contributed by atoms with Gasteiger partial charge in [-0.15, -0.1) is 0 Å². The van der Waals surface area contributed by atoms with Crippen LogP contribution in [-0.4, -0.2) is 20.8 Å². The van der Waals surface area contributed by atoms with Gasteiger partial charge in [0.15, 0.2) is 0 Å². The topological polar surface area (TPSA) is 80.5 Å². The van der Waals surface area contributed by atoms with E-state index in [0.29, 0.717) is 12.2 Å². The first-order chi connectivity index (χ1) is 10.1. The zero-order valence-electron chi connectivity index (χ0n) is 12.8. The van der Waals surface area contributed by atoms with E-state index in [1.54, 1.807) is 6.20 Å². The molecule has 0 aliphatic rings. The van der Waals surface area contributed by atoms with Gasteiger partial charge in [0.25, 0.3) is 0 Å². The number of pyridine rings is 1. The van der Waals surface area contributed by atoms with Gasteiger partial charge in [-0.2, -0.15) is 10.4 Å². The Morgan fingerprint density at radius 1 is 1.43 bits per heavy atom. The molecule has 1 unspecified atom stereocenters. The van der Waals surface area contributed by atoms with Crippen LogP contribution in [0.15, 0.2) is 18.3 Å². The Morgan fingerprint density at radius 3 is 2.86 bits per heavy atom. The van der Waals surface area contributed by atoms with Gasteiger partial charge in [0, 0.05) is 23.5 Å². The van der Waals surface area contributed by atoms with Crippen LogP contribution in [0, 0.1) is 25.2 Å². The number of aryl methyl sites for hydroxylation is 1. The van der Waals surface area contributed by atoms with Crippen molar-refractivity contribution >= 4 is 0 Å². The molecule has 0 aromatic carbocycles. The lowest BCUT2D eigenvalue weighted by molar-refractivity contribution is 0.635. The van der Waals surface area contributed by atoms with Gasteiger partial charge < -0.3 is 5.73 Å². The summed E-state index contributed by atoms with van der Waals surface area (Å²) in [5, 5.41) is 13.7. The molecule has 2 aromatic heterocycles. The summed E-state index contributed by atoms with van der Waals surface area (Å²) in [6.07, 6.45) is 3.42. The minimum atomic E-state index is 0.160. The number of rotatable bonds is 5. The molecule has 110 valence electrons. The first-order valence-electron chi connectivity index (χ1n) is 7.19. The molecule has 2 N–H and O–H groups in total. The standard InChI is InChI=1S/C16H21N5/c1-4-14(18)8-15-11(2)20-21(12(15)3)10-13-6-5-7-19-16(13)9-17/h5-7,14H,4,8,10,18H2,1-3H3. The molecule has 0 spiro atoms. The van der Waals surface area contributed by atoms with Gasteiger partial charge in [-0.3, -0.25) is 4.68 Å². The summed E-state index contributed by atoms with van der Waals surface area (Å²) in [6.45, 7) is 6.72. The molecule has 0 aliphatic carbocycles. The van der Waals surface area contributed by atoms with Crippen LogP contribution in [0.2, 0.25) is 0 Å². The lowest BCUT2D eigenvalue weighted by Crippen LogP contribution is -2.22. The molecule has 0 fully saturated rings. The molecule has 1 atom stereocenters. The Morgan fingerprint density at radius 2 is 2.19 bits per heavy atom. The van der Waals surface area contributed by atoms with Crippen LogP contribution in [0.3, 0.4) is 0 Å². The van der Waals surface area contributed by atoms with Crippen LogP contribution in [0.5, 0.6) is 0 Å². The third kappa shape index (κ3) is 3.29. The normalized spacial score (nSPS) is 12.1. The first-order valence-corrected chi connectivity index (χ1v) is 7.19. The predicted octanol–water partition coefficient (Wildman–Crippen LogP) is 2.09. The van der Waals surface area contributed by atoms with E-state index in [1.807, 2.05) is 23.7 Å². The lowest BCUT2D eigenvalue weighted by atomic mass is 10.0. The highest BCUT2D eigenvalue weighted by Crippen LogP contribution is 2.17. The maximum Gasteiger partial charge on any atom is 0.145 e. The molecule has 21 heavy (non-hydrogen) atoms. The van der Waals surface area contributed by atoms with Crippen molar-refractivity contribution in [1.82, 2.24) is 14.8 Å². The van der Waals surface area contributed by atoms with E-state index in [1.165, 1.54) is 5.56 Å². The second-order valence-corrected chi connectivity index (χ2v) is 5.30.